The predicted octanol–water partition coefficient (Wildman–Crippen LogP) is 4.03. The molecule has 0 aliphatic rings. The average Bonchev–Trinajstić information content (AvgIpc) is 3.00. The van der Waals surface area contributed by atoms with Crippen molar-refractivity contribution in [2.45, 2.75) is 18.1 Å². The van der Waals surface area contributed by atoms with Crippen molar-refractivity contribution < 1.29 is 4.21 Å². The number of fused-ring (bicyclic) bond motifs is 1. The zero-order valence-corrected chi connectivity index (χ0v) is 13.2. The summed E-state index contributed by atoms with van der Waals surface area (Å²) in [6.45, 7) is 3.88. The fourth-order valence-corrected chi connectivity index (χ4v) is 4.24. The molecular weight excluding hydrogens is 314 g/mol. The van der Waals surface area contributed by atoms with E-state index in [0.717, 1.165) is 27.2 Å². The topological polar surface area (TPSA) is 57.8 Å². The molecule has 20 heavy (non-hydrogen) atoms. The number of hydrogen-bond acceptors (Lipinski definition) is 3. The van der Waals surface area contributed by atoms with Gasteiger partial charge in [0.05, 0.1) is 27.4 Å². The molecule has 7 heteroatoms. The zero-order chi connectivity index (χ0) is 14.3. The van der Waals surface area contributed by atoms with E-state index in [4.69, 9.17) is 11.6 Å². The Balaban J connectivity index is 1.99. The highest BCUT2D eigenvalue weighted by molar-refractivity contribution is 7.88. The minimum atomic E-state index is -1.32. The van der Waals surface area contributed by atoms with Gasteiger partial charge in [0, 0.05) is 11.6 Å². The number of nitrogens with zero attached hydrogens (tertiary/aromatic N) is 1. The molecule has 0 amide bonds. The molecule has 0 saturated carbocycles. The summed E-state index contributed by atoms with van der Waals surface area (Å²) < 4.78 is 16.0. The number of H-pyrrole nitrogens is 1. The Morgan fingerprint density at radius 1 is 1.40 bits per heavy atom. The fourth-order valence-electron chi connectivity index (χ4n) is 2.04. The van der Waals surface area contributed by atoms with Crippen LogP contribution < -0.4 is 4.72 Å². The molecule has 2 N–H and O–H groups in total. The molecule has 1 unspecified atom stereocenters. The number of rotatable bonds is 3. The number of aromatic amines is 1. The first-order valence-corrected chi connectivity index (χ1v) is 8.27. The van der Waals surface area contributed by atoms with Gasteiger partial charge in [-0.2, -0.15) is 0 Å². The highest BCUT2D eigenvalue weighted by atomic mass is 35.5. The van der Waals surface area contributed by atoms with Crippen LogP contribution in [0.15, 0.2) is 28.7 Å². The monoisotopic (exact) mass is 325 g/mol. The number of thiazole rings is 1. The highest BCUT2D eigenvalue weighted by Crippen LogP contribution is 2.32. The Labute approximate surface area is 127 Å². The van der Waals surface area contributed by atoms with Crippen molar-refractivity contribution in [3.05, 3.63) is 40.1 Å². The van der Waals surface area contributed by atoms with Gasteiger partial charge in [0.2, 0.25) is 0 Å². The van der Waals surface area contributed by atoms with E-state index >= 15 is 0 Å². The minimum absolute atomic E-state index is 0.667. The summed E-state index contributed by atoms with van der Waals surface area (Å²) in [5.74, 6) is 0. The van der Waals surface area contributed by atoms with E-state index in [9.17, 15) is 4.21 Å². The molecule has 0 bridgehead atoms. The van der Waals surface area contributed by atoms with Crippen LogP contribution in [-0.2, 0) is 11.0 Å². The van der Waals surface area contributed by atoms with Crippen LogP contribution in [0.3, 0.4) is 0 Å². The SMILES string of the molecule is Cc1ncc(S(=O)Nc2ccc(C)c3c(Cl)c[nH]c23)s1. The Kier molecular flexibility index (Phi) is 3.54. The molecule has 0 aliphatic heterocycles. The standard InChI is InChI=1S/C13H12ClN3OS2/c1-7-3-4-10(13-12(7)9(14)5-16-13)17-20(18)11-6-15-8(2)19-11/h3-6,16-17H,1-2H3. The lowest BCUT2D eigenvalue weighted by Gasteiger charge is -2.07. The van der Waals surface area contributed by atoms with Gasteiger partial charge in [0.1, 0.15) is 4.21 Å². The quantitative estimate of drug-likeness (QED) is 0.763. The Morgan fingerprint density at radius 3 is 2.90 bits per heavy atom. The largest absolute Gasteiger partial charge is 0.358 e. The molecule has 2 heterocycles. The van der Waals surface area contributed by atoms with E-state index < -0.39 is 11.0 Å². The Hall–Kier alpha value is -1.37. The minimum Gasteiger partial charge on any atom is -0.358 e. The number of anilines is 1. The summed E-state index contributed by atoms with van der Waals surface area (Å²) in [4.78, 5) is 7.23. The van der Waals surface area contributed by atoms with E-state index in [1.165, 1.54) is 11.3 Å². The van der Waals surface area contributed by atoms with Gasteiger partial charge >= 0.3 is 0 Å². The Bertz CT molecular complexity index is 809. The molecule has 104 valence electrons. The molecule has 4 nitrogen and oxygen atoms in total. The van der Waals surface area contributed by atoms with E-state index in [1.54, 1.807) is 12.4 Å². The van der Waals surface area contributed by atoms with Crippen LogP contribution in [-0.4, -0.2) is 14.2 Å². The normalized spacial score (nSPS) is 12.8. The van der Waals surface area contributed by atoms with E-state index in [-0.39, 0.29) is 0 Å². The molecule has 3 rings (SSSR count). The van der Waals surface area contributed by atoms with Crippen LogP contribution >= 0.6 is 22.9 Å². The van der Waals surface area contributed by atoms with Gasteiger partial charge in [-0.1, -0.05) is 17.7 Å². The first-order chi connectivity index (χ1) is 9.56. The van der Waals surface area contributed by atoms with Crippen LogP contribution in [0.5, 0.6) is 0 Å². The van der Waals surface area contributed by atoms with E-state index in [0.29, 0.717) is 9.23 Å². The van der Waals surface area contributed by atoms with Gasteiger partial charge in [-0.05, 0) is 25.5 Å². The maximum atomic E-state index is 12.3. The zero-order valence-electron chi connectivity index (χ0n) is 10.9. The molecule has 3 aromatic rings. The molecule has 1 atom stereocenters. The smallest absolute Gasteiger partial charge is 0.162 e. The maximum absolute atomic E-state index is 12.3. The summed E-state index contributed by atoms with van der Waals surface area (Å²) in [6, 6.07) is 3.86. The number of aryl methyl sites for hydroxylation is 2. The summed E-state index contributed by atoms with van der Waals surface area (Å²) in [6.07, 6.45) is 3.38. The lowest BCUT2D eigenvalue weighted by molar-refractivity contribution is 0.687. The fraction of sp³-hybridized carbons (Fsp3) is 0.154. The number of benzene rings is 1. The van der Waals surface area contributed by atoms with Crippen molar-refractivity contribution in [2.24, 2.45) is 0 Å². The van der Waals surface area contributed by atoms with Crippen LogP contribution in [0.2, 0.25) is 5.02 Å². The maximum Gasteiger partial charge on any atom is 0.162 e. The van der Waals surface area contributed by atoms with Crippen molar-refractivity contribution in [1.82, 2.24) is 9.97 Å². The van der Waals surface area contributed by atoms with Crippen molar-refractivity contribution in [3.8, 4) is 0 Å². The van der Waals surface area contributed by atoms with Gasteiger partial charge in [-0.15, -0.1) is 11.3 Å². The van der Waals surface area contributed by atoms with Crippen molar-refractivity contribution in [3.63, 3.8) is 0 Å². The third kappa shape index (κ3) is 2.34. The third-order valence-corrected chi connectivity index (χ3v) is 5.57. The molecule has 0 spiro atoms. The van der Waals surface area contributed by atoms with E-state index in [2.05, 4.69) is 14.7 Å². The Morgan fingerprint density at radius 2 is 2.20 bits per heavy atom. The second-order valence-corrected chi connectivity index (χ2v) is 7.47. The van der Waals surface area contributed by atoms with Gasteiger partial charge in [-0.25, -0.2) is 9.19 Å². The lowest BCUT2D eigenvalue weighted by Crippen LogP contribution is -2.03. The number of aromatic nitrogens is 2. The molecule has 0 saturated heterocycles. The van der Waals surface area contributed by atoms with Crippen LogP contribution in [0.1, 0.15) is 10.6 Å². The first-order valence-electron chi connectivity index (χ1n) is 5.93. The number of hydrogen-bond donors (Lipinski definition) is 2. The number of halogens is 1. The van der Waals surface area contributed by atoms with Crippen molar-refractivity contribution in [1.29, 1.82) is 0 Å². The molecule has 2 aromatic heterocycles. The molecule has 0 fully saturated rings. The van der Waals surface area contributed by atoms with Gasteiger partial charge < -0.3 is 4.98 Å². The molecular formula is C13H12ClN3OS2. The second-order valence-electron chi connectivity index (χ2n) is 4.39. The van der Waals surface area contributed by atoms with Gasteiger partial charge in [0.25, 0.3) is 0 Å². The van der Waals surface area contributed by atoms with Gasteiger partial charge in [-0.3, -0.25) is 4.72 Å². The molecule has 1 aromatic carbocycles. The molecule has 0 radical (unpaired) electrons. The summed E-state index contributed by atoms with van der Waals surface area (Å²) in [5, 5.41) is 2.52. The third-order valence-electron chi connectivity index (χ3n) is 2.98. The van der Waals surface area contributed by atoms with Crippen molar-refractivity contribution >= 4 is 50.5 Å². The second kappa shape index (κ2) is 5.20. The first kappa shape index (κ1) is 13.6. The predicted molar refractivity (Wildman–Crippen MR) is 84.9 cm³/mol. The summed E-state index contributed by atoms with van der Waals surface area (Å²) in [5.41, 5.74) is 2.71. The van der Waals surface area contributed by atoms with Crippen LogP contribution in [0.4, 0.5) is 5.69 Å². The molecule has 0 aliphatic carbocycles. The van der Waals surface area contributed by atoms with Crippen LogP contribution in [0, 0.1) is 13.8 Å². The van der Waals surface area contributed by atoms with Crippen molar-refractivity contribution in [2.75, 3.05) is 4.72 Å². The van der Waals surface area contributed by atoms with Gasteiger partial charge in [0.15, 0.2) is 11.0 Å². The van der Waals surface area contributed by atoms with E-state index in [1.807, 2.05) is 26.0 Å². The number of nitrogens with one attached hydrogen (secondary N) is 2. The lowest BCUT2D eigenvalue weighted by atomic mass is 10.1. The highest BCUT2D eigenvalue weighted by Gasteiger charge is 2.13. The summed E-state index contributed by atoms with van der Waals surface area (Å²) >= 11 is 7.58. The van der Waals surface area contributed by atoms with Crippen LogP contribution in [0.25, 0.3) is 10.9 Å². The summed E-state index contributed by atoms with van der Waals surface area (Å²) in [7, 11) is -1.32. The average molecular weight is 326 g/mol.